The fourth-order valence-corrected chi connectivity index (χ4v) is 1.19. The molecule has 0 aromatic carbocycles. The lowest BCUT2D eigenvalue weighted by molar-refractivity contribution is 0.144. The molecule has 0 saturated carbocycles. The summed E-state index contributed by atoms with van der Waals surface area (Å²) in [6.45, 7) is 10.2. The Kier molecular flexibility index (Phi) is 5.75. The Balaban J connectivity index is 4.16. The van der Waals surface area contributed by atoms with Crippen LogP contribution in [0.2, 0.25) is 0 Å². The topological polar surface area (TPSA) is 39.1 Å². The molecule has 0 rings (SSSR count). The summed E-state index contributed by atoms with van der Waals surface area (Å²) in [4.78, 5) is 2.24. The van der Waals surface area contributed by atoms with Crippen molar-refractivity contribution < 1.29 is 0 Å². The number of likely N-dealkylation sites (N-methyl/N-ethyl adjacent to an activating group) is 2. The highest BCUT2D eigenvalue weighted by Crippen LogP contribution is 2.16. The Morgan fingerprint density at radius 1 is 1.43 bits per heavy atom. The van der Waals surface area contributed by atoms with Crippen LogP contribution in [-0.2, 0) is 0 Å². The predicted octanol–water partition coefficient (Wildman–Crippen LogP) is 1.61. The van der Waals surface area contributed by atoms with Gasteiger partial charge in [0.15, 0.2) is 0 Å². The average Bonchev–Trinajstić information content (AvgIpc) is 2.16. The van der Waals surface area contributed by atoms with Gasteiger partial charge in [-0.25, -0.2) is 0 Å². The molecule has 14 heavy (non-hydrogen) atoms. The number of hydrogen-bond donors (Lipinski definition) is 1. The molecular weight excluding hydrogens is 174 g/mol. The average molecular weight is 197 g/mol. The standard InChI is InChI=1S/C11H23N3/c1-6-11(3,4)14(5)9-10(8-12)13-7-2/h10,13H,6-7,9H2,1-5H3. The maximum atomic E-state index is 8.91. The molecule has 0 saturated heterocycles. The first-order valence-electron chi connectivity index (χ1n) is 5.32. The van der Waals surface area contributed by atoms with Gasteiger partial charge in [-0.05, 0) is 33.9 Å². The van der Waals surface area contributed by atoms with Gasteiger partial charge in [-0.1, -0.05) is 13.8 Å². The second kappa shape index (κ2) is 6.00. The van der Waals surface area contributed by atoms with E-state index in [1.54, 1.807) is 0 Å². The Labute approximate surface area is 88.1 Å². The first-order chi connectivity index (χ1) is 6.47. The van der Waals surface area contributed by atoms with Gasteiger partial charge < -0.3 is 5.32 Å². The number of nitrogens with zero attached hydrogens (tertiary/aromatic N) is 2. The van der Waals surface area contributed by atoms with Crippen LogP contribution in [0.5, 0.6) is 0 Å². The molecule has 0 bridgehead atoms. The molecule has 3 heteroatoms. The predicted molar refractivity (Wildman–Crippen MR) is 60.1 cm³/mol. The first-order valence-corrected chi connectivity index (χ1v) is 5.32. The highest BCUT2D eigenvalue weighted by Gasteiger charge is 2.23. The molecule has 0 aliphatic carbocycles. The second-order valence-electron chi connectivity index (χ2n) is 4.29. The van der Waals surface area contributed by atoms with Crippen LogP contribution in [-0.4, -0.2) is 36.6 Å². The third kappa shape index (κ3) is 4.08. The summed E-state index contributed by atoms with van der Waals surface area (Å²) < 4.78 is 0. The van der Waals surface area contributed by atoms with E-state index in [4.69, 9.17) is 5.26 Å². The largest absolute Gasteiger partial charge is 0.301 e. The van der Waals surface area contributed by atoms with Gasteiger partial charge in [0.1, 0.15) is 6.04 Å². The number of hydrogen-bond acceptors (Lipinski definition) is 3. The zero-order valence-electron chi connectivity index (χ0n) is 10.1. The van der Waals surface area contributed by atoms with E-state index in [0.717, 1.165) is 19.5 Å². The van der Waals surface area contributed by atoms with E-state index in [0.29, 0.717) is 0 Å². The quantitative estimate of drug-likeness (QED) is 0.703. The summed E-state index contributed by atoms with van der Waals surface area (Å²) in [6, 6.07) is 2.22. The van der Waals surface area contributed by atoms with E-state index in [1.165, 1.54) is 0 Å². The van der Waals surface area contributed by atoms with Gasteiger partial charge in [0.2, 0.25) is 0 Å². The molecule has 0 aliphatic rings. The van der Waals surface area contributed by atoms with Gasteiger partial charge in [-0.15, -0.1) is 0 Å². The zero-order valence-corrected chi connectivity index (χ0v) is 10.1. The van der Waals surface area contributed by atoms with Gasteiger partial charge >= 0.3 is 0 Å². The minimum absolute atomic E-state index is 0.0594. The van der Waals surface area contributed by atoms with E-state index >= 15 is 0 Å². The molecule has 1 atom stereocenters. The Morgan fingerprint density at radius 3 is 2.36 bits per heavy atom. The second-order valence-corrected chi connectivity index (χ2v) is 4.29. The van der Waals surface area contributed by atoms with E-state index in [2.05, 4.69) is 44.1 Å². The minimum Gasteiger partial charge on any atom is -0.301 e. The number of rotatable bonds is 6. The first kappa shape index (κ1) is 13.4. The number of nitrogens with one attached hydrogen (secondary N) is 1. The summed E-state index contributed by atoms with van der Waals surface area (Å²) in [5.41, 5.74) is 0.171. The van der Waals surface area contributed by atoms with Crippen molar-refractivity contribution in [1.29, 1.82) is 5.26 Å². The van der Waals surface area contributed by atoms with Gasteiger partial charge in [-0.2, -0.15) is 5.26 Å². The molecule has 3 nitrogen and oxygen atoms in total. The molecule has 1 unspecified atom stereocenters. The normalized spacial score (nSPS) is 14.1. The van der Waals surface area contributed by atoms with E-state index < -0.39 is 0 Å². The van der Waals surface area contributed by atoms with Crippen LogP contribution in [0.1, 0.15) is 34.1 Å². The molecule has 0 spiro atoms. The zero-order chi connectivity index (χ0) is 11.2. The highest BCUT2D eigenvalue weighted by atomic mass is 15.2. The van der Waals surface area contributed by atoms with Gasteiger partial charge in [0.05, 0.1) is 6.07 Å². The van der Waals surface area contributed by atoms with E-state index in [1.807, 2.05) is 6.92 Å². The van der Waals surface area contributed by atoms with Crippen LogP contribution in [0.25, 0.3) is 0 Å². The molecule has 0 aliphatic heterocycles. The maximum absolute atomic E-state index is 8.91. The fourth-order valence-electron chi connectivity index (χ4n) is 1.19. The van der Waals surface area contributed by atoms with Crippen molar-refractivity contribution in [3.63, 3.8) is 0 Å². The van der Waals surface area contributed by atoms with Crippen LogP contribution >= 0.6 is 0 Å². The van der Waals surface area contributed by atoms with Crippen LogP contribution in [0, 0.1) is 11.3 Å². The number of nitriles is 1. The molecule has 0 heterocycles. The lowest BCUT2D eigenvalue weighted by atomic mass is 9.99. The van der Waals surface area contributed by atoms with Crippen LogP contribution in [0.3, 0.4) is 0 Å². The molecular formula is C11H23N3. The maximum Gasteiger partial charge on any atom is 0.108 e. The monoisotopic (exact) mass is 197 g/mol. The van der Waals surface area contributed by atoms with Gasteiger partial charge in [0, 0.05) is 12.1 Å². The SMILES string of the molecule is CCNC(C#N)CN(C)C(C)(C)CC. The van der Waals surface area contributed by atoms with Crippen molar-refractivity contribution in [3.05, 3.63) is 0 Å². The molecule has 82 valence electrons. The van der Waals surface area contributed by atoms with E-state index in [-0.39, 0.29) is 11.6 Å². The van der Waals surface area contributed by atoms with Crippen molar-refractivity contribution in [3.8, 4) is 6.07 Å². The smallest absolute Gasteiger partial charge is 0.108 e. The molecule has 0 radical (unpaired) electrons. The summed E-state index contributed by atoms with van der Waals surface area (Å²) in [5.74, 6) is 0. The van der Waals surface area contributed by atoms with Crippen LogP contribution in [0.4, 0.5) is 0 Å². The Morgan fingerprint density at radius 2 is 2.00 bits per heavy atom. The molecule has 0 aromatic heterocycles. The third-order valence-corrected chi connectivity index (χ3v) is 2.96. The van der Waals surface area contributed by atoms with Crippen LogP contribution in [0.15, 0.2) is 0 Å². The Bertz CT molecular complexity index is 193. The highest BCUT2D eigenvalue weighted by molar-refractivity contribution is 4.93. The molecule has 0 fully saturated rings. The van der Waals surface area contributed by atoms with Crippen molar-refractivity contribution in [2.24, 2.45) is 0 Å². The van der Waals surface area contributed by atoms with Crippen LogP contribution < -0.4 is 5.32 Å². The summed E-state index contributed by atoms with van der Waals surface area (Å²) >= 11 is 0. The van der Waals surface area contributed by atoms with Crippen molar-refractivity contribution in [2.45, 2.75) is 45.7 Å². The third-order valence-electron chi connectivity index (χ3n) is 2.96. The van der Waals surface area contributed by atoms with Crippen molar-refractivity contribution in [1.82, 2.24) is 10.2 Å². The van der Waals surface area contributed by atoms with Gasteiger partial charge in [-0.3, -0.25) is 4.90 Å². The molecule has 0 amide bonds. The lowest BCUT2D eigenvalue weighted by Crippen LogP contribution is -2.47. The van der Waals surface area contributed by atoms with Gasteiger partial charge in [0.25, 0.3) is 0 Å². The fraction of sp³-hybridized carbons (Fsp3) is 0.909. The summed E-state index contributed by atoms with van der Waals surface area (Å²) in [7, 11) is 2.07. The molecule has 0 aromatic rings. The lowest BCUT2D eigenvalue weighted by Gasteiger charge is -2.35. The minimum atomic E-state index is -0.0594. The Hall–Kier alpha value is -0.590. The van der Waals surface area contributed by atoms with E-state index in [9.17, 15) is 0 Å². The molecule has 1 N–H and O–H groups in total. The summed E-state index contributed by atoms with van der Waals surface area (Å²) in [5, 5.41) is 12.1. The van der Waals surface area contributed by atoms with Crippen molar-refractivity contribution >= 4 is 0 Å². The summed E-state index contributed by atoms with van der Waals surface area (Å²) in [6.07, 6.45) is 1.09. The van der Waals surface area contributed by atoms with Crippen molar-refractivity contribution in [2.75, 3.05) is 20.1 Å².